The van der Waals surface area contributed by atoms with Crippen molar-refractivity contribution in [3.63, 3.8) is 0 Å². The molecule has 1 N–H and O–H groups in total. The van der Waals surface area contributed by atoms with Crippen molar-refractivity contribution in [3.05, 3.63) is 52.5 Å². The number of aryl methyl sites for hydroxylation is 3. The summed E-state index contributed by atoms with van der Waals surface area (Å²) < 4.78 is 10.8. The summed E-state index contributed by atoms with van der Waals surface area (Å²) in [5.41, 5.74) is 2.96. The minimum atomic E-state index is -1.06. The third kappa shape index (κ3) is 2.96. The van der Waals surface area contributed by atoms with E-state index < -0.39 is 5.97 Å². The smallest absolute Gasteiger partial charge is 0.372 e. The van der Waals surface area contributed by atoms with Gasteiger partial charge in [-0.05, 0) is 50.1 Å². The molecule has 0 aliphatic heterocycles. The molecule has 1 heterocycles. The number of aromatic carboxylic acids is 1. The number of rotatable bonds is 4. The monoisotopic (exact) mass is 260 g/mol. The number of furan rings is 1. The van der Waals surface area contributed by atoms with Crippen molar-refractivity contribution in [1.29, 1.82) is 0 Å². The fourth-order valence-corrected chi connectivity index (χ4v) is 1.79. The van der Waals surface area contributed by atoms with Crippen LogP contribution in [0.25, 0.3) is 0 Å². The molecule has 100 valence electrons. The first-order valence-corrected chi connectivity index (χ1v) is 6.00. The lowest BCUT2D eigenvalue weighted by Gasteiger charge is -2.06. The quantitative estimate of drug-likeness (QED) is 0.914. The Balaban J connectivity index is 2.08. The molecule has 4 nitrogen and oxygen atoms in total. The van der Waals surface area contributed by atoms with Crippen molar-refractivity contribution in [2.75, 3.05) is 0 Å². The van der Waals surface area contributed by atoms with Gasteiger partial charge >= 0.3 is 5.97 Å². The van der Waals surface area contributed by atoms with Crippen LogP contribution in [0.15, 0.2) is 28.7 Å². The molecule has 1 aromatic carbocycles. The second-order valence-corrected chi connectivity index (χ2v) is 4.56. The average Bonchev–Trinajstić information content (AvgIpc) is 2.72. The predicted molar refractivity (Wildman–Crippen MR) is 70.7 cm³/mol. The molecule has 2 rings (SSSR count). The van der Waals surface area contributed by atoms with Gasteiger partial charge in [0.2, 0.25) is 5.76 Å². The predicted octanol–water partition coefficient (Wildman–Crippen LogP) is 3.48. The molecule has 0 fully saturated rings. The maximum Gasteiger partial charge on any atom is 0.372 e. The van der Waals surface area contributed by atoms with Gasteiger partial charge in [-0.25, -0.2) is 4.79 Å². The number of benzene rings is 1. The van der Waals surface area contributed by atoms with Gasteiger partial charge in [0.15, 0.2) is 0 Å². The van der Waals surface area contributed by atoms with Crippen LogP contribution in [0.2, 0.25) is 0 Å². The second-order valence-electron chi connectivity index (χ2n) is 4.56. The van der Waals surface area contributed by atoms with Gasteiger partial charge in [-0.15, -0.1) is 0 Å². The molecule has 0 unspecified atom stereocenters. The SMILES string of the molecule is Cc1ccc(OCc2cc(C)c(C(=O)O)o2)cc1C. The number of hydrogen-bond acceptors (Lipinski definition) is 3. The van der Waals surface area contributed by atoms with Crippen LogP contribution in [0, 0.1) is 20.8 Å². The Hall–Kier alpha value is -2.23. The van der Waals surface area contributed by atoms with Crippen molar-refractivity contribution in [3.8, 4) is 5.75 Å². The van der Waals surface area contributed by atoms with Crippen molar-refractivity contribution in [2.24, 2.45) is 0 Å². The van der Waals surface area contributed by atoms with E-state index in [0.29, 0.717) is 11.3 Å². The Kier molecular flexibility index (Phi) is 3.60. The zero-order valence-corrected chi connectivity index (χ0v) is 11.2. The fourth-order valence-electron chi connectivity index (χ4n) is 1.79. The average molecular weight is 260 g/mol. The van der Waals surface area contributed by atoms with E-state index in [4.69, 9.17) is 14.3 Å². The van der Waals surface area contributed by atoms with Gasteiger partial charge in [0.25, 0.3) is 0 Å². The number of carboxylic acids is 1. The Morgan fingerprint density at radius 2 is 1.89 bits per heavy atom. The molecule has 0 amide bonds. The van der Waals surface area contributed by atoms with Gasteiger partial charge in [-0.3, -0.25) is 0 Å². The first kappa shape index (κ1) is 13.2. The Morgan fingerprint density at radius 3 is 2.47 bits per heavy atom. The molecule has 0 saturated carbocycles. The van der Waals surface area contributed by atoms with E-state index in [1.807, 2.05) is 32.0 Å². The van der Waals surface area contributed by atoms with Crippen molar-refractivity contribution < 1.29 is 19.1 Å². The van der Waals surface area contributed by atoms with Crippen LogP contribution < -0.4 is 4.74 Å². The third-order valence-electron chi connectivity index (χ3n) is 3.02. The molecule has 0 bridgehead atoms. The Labute approximate surface area is 111 Å². The van der Waals surface area contributed by atoms with Gasteiger partial charge in [0, 0.05) is 5.56 Å². The zero-order valence-electron chi connectivity index (χ0n) is 11.2. The van der Waals surface area contributed by atoms with E-state index in [1.165, 1.54) is 5.56 Å². The molecular formula is C15H16O4. The van der Waals surface area contributed by atoms with Gasteiger partial charge in [-0.2, -0.15) is 0 Å². The molecule has 0 aliphatic carbocycles. The van der Waals surface area contributed by atoms with Crippen LogP contribution >= 0.6 is 0 Å². The lowest BCUT2D eigenvalue weighted by Crippen LogP contribution is -1.96. The summed E-state index contributed by atoms with van der Waals surface area (Å²) in [6.45, 7) is 5.97. The van der Waals surface area contributed by atoms with Crippen LogP contribution in [-0.4, -0.2) is 11.1 Å². The van der Waals surface area contributed by atoms with E-state index in [0.717, 1.165) is 11.3 Å². The zero-order chi connectivity index (χ0) is 14.0. The van der Waals surface area contributed by atoms with E-state index in [-0.39, 0.29) is 12.4 Å². The number of hydrogen-bond donors (Lipinski definition) is 1. The molecule has 4 heteroatoms. The van der Waals surface area contributed by atoms with E-state index in [1.54, 1.807) is 13.0 Å². The lowest BCUT2D eigenvalue weighted by molar-refractivity contribution is 0.0657. The topological polar surface area (TPSA) is 59.7 Å². The summed E-state index contributed by atoms with van der Waals surface area (Å²) in [5, 5.41) is 8.90. The highest BCUT2D eigenvalue weighted by atomic mass is 16.5. The van der Waals surface area contributed by atoms with E-state index in [2.05, 4.69) is 0 Å². The van der Waals surface area contributed by atoms with Crippen molar-refractivity contribution >= 4 is 5.97 Å². The van der Waals surface area contributed by atoms with Crippen LogP contribution in [0.5, 0.6) is 5.75 Å². The van der Waals surface area contributed by atoms with Crippen LogP contribution in [0.1, 0.15) is 33.0 Å². The van der Waals surface area contributed by atoms with Crippen LogP contribution in [-0.2, 0) is 6.61 Å². The summed E-state index contributed by atoms with van der Waals surface area (Å²) in [6, 6.07) is 7.50. The lowest BCUT2D eigenvalue weighted by atomic mass is 10.1. The maximum absolute atomic E-state index is 10.9. The Morgan fingerprint density at radius 1 is 1.16 bits per heavy atom. The highest BCUT2D eigenvalue weighted by Gasteiger charge is 2.14. The van der Waals surface area contributed by atoms with Gasteiger partial charge in [0.1, 0.15) is 18.1 Å². The summed E-state index contributed by atoms with van der Waals surface area (Å²) in [6.07, 6.45) is 0. The largest absolute Gasteiger partial charge is 0.486 e. The summed E-state index contributed by atoms with van der Waals surface area (Å²) in [5.74, 6) is 0.163. The van der Waals surface area contributed by atoms with Gasteiger partial charge < -0.3 is 14.3 Å². The third-order valence-corrected chi connectivity index (χ3v) is 3.02. The number of ether oxygens (including phenoxy) is 1. The molecular weight excluding hydrogens is 244 g/mol. The summed E-state index contributed by atoms with van der Waals surface area (Å²) in [4.78, 5) is 10.9. The first-order valence-electron chi connectivity index (χ1n) is 6.00. The number of carboxylic acid groups (broad SMARTS) is 1. The number of carbonyl (C=O) groups is 1. The highest BCUT2D eigenvalue weighted by molar-refractivity contribution is 5.86. The van der Waals surface area contributed by atoms with Gasteiger partial charge in [-0.1, -0.05) is 6.07 Å². The minimum absolute atomic E-state index is 0.0290. The van der Waals surface area contributed by atoms with Crippen LogP contribution in [0.3, 0.4) is 0 Å². The summed E-state index contributed by atoms with van der Waals surface area (Å²) in [7, 11) is 0. The normalized spacial score (nSPS) is 10.5. The molecule has 1 aromatic heterocycles. The van der Waals surface area contributed by atoms with Gasteiger partial charge in [0.05, 0.1) is 0 Å². The van der Waals surface area contributed by atoms with Crippen molar-refractivity contribution in [2.45, 2.75) is 27.4 Å². The van der Waals surface area contributed by atoms with Crippen LogP contribution in [0.4, 0.5) is 0 Å². The van der Waals surface area contributed by atoms with E-state index in [9.17, 15) is 4.79 Å². The van der Waals surface area contributed by atoms with Crippen molar-refractivity contribution in [1.82, 2.24) is 0 Å². The molecule has 0 atom stereocenters. The fraction of sp³-hybridized carbons (Fsp3) is 0.267. The first-order chi connectivity index (χ1) is 8.97. The Bertz CT molecular complexity index is 611. The molecule has 0 radical (unpaired) electrons. The second kappa shape index (κ2) is 5.18. The van der Waals surface area contributed by atoms with E-state index >= 15 is 0 Å². The molecule has 0 saturated heterocycles. The maximum atomic E-state index is 10.9. The molecule has 2 aromatic rings. The highest BCUT2D eigenvalue weighted by Crippen LogP contribution is 2.20. The molecule has 0 aliphatic rings. The molecule has 19 heavy (non-hydrogen) atoms. The summed E-state index contributed by atoms with van der Waals surface area (Å²) >= 11 is 0. The minimum Gasteiger partial charge on any atom is -0.486 e. The molecule has 0 spiro atoms. The standard InChI is InChI=1S/C15H16O4/c1-9-4-5-12(6-10(9)2)18-8-13-7-11(3)14(19-13)15(16)17/h4-7H,8H2,1-3H3,(H,16,17).